The van der Waals surface area contributed by atoms with Crippen LogP contribution in [0.2, 0.25) is 0 Å². The van der Waals surface area contributed by atoms with Crippen molar-refractivity contribution >= 4 is 11.7 Å². The maximum Gasteiger partial charge on any atom is 0.322 e. The molecule has 1 unspecified atom stereocenters. The molecule has 1 aromatic carbocycles. The Kier molecular flexibility index (Phi) is 5.11. The SMILES string of the molecule is Cc1cc(OC2CCCN(C(=O)Nc3ccccc3F)C2)nc(C)n1. The van der Waals surface area contributed by atoms with E-state index in [0.717, 1.165) is 18.5 Å². The van der Waals surface area contributed by atoms with Gasteiger partial charge in [0.2, 0.25) is 5.88 Å². The van der Waals surface area contributed by atoms with Crippen LogP contribution in [0.25, 0.3) is 0 Å². The molecule has 7 heteroatoms. The number of anilines is 1. The number of carbonyl (C=O) groups excluding carboxylic acids is 1. The molecular weight excluding hydrogens is 323 g/mol. The highest BCUT2D eigenvalue weighted by molar-refractivity contribution is 5.89. The molecular formula is C18H21FN4O2. The van der Waals surface area contributed by atoms with Gasteiger partial charge < -0.3 is 15.0 Å². The van der Waals surface area contributed by atoms with Crippen molar-refractivity contribution in [3.8, 4) is 5.88 Å². The third-order valence-electron chi connectivity index (χ3n) is 4.01. The summed E-state index contributed by atoms with van der Waals surface area (Å²) < 4.78 is 19.6. The largest absolute Gasteiger partial charge is 0.472 e. The van der Waals surface area contributed by atoms with Gasteiger partial charge in [0.1, 0.15) is 17.7 Å². The molecule has 132 valence electrons. The van der Waals surface area contributed by atoms with E-state index in [1.807, 2.05) is 13.8 Å². The molecule has 1 atom stereocenters. The fraction of sp³-hybridized carbons (Fsp3) is 0.389. The molecule has 2 heterocycles. The van der Waals surface area contributed by atoms with Gasteiger partial charge in [0.15, 0.2) is 0 Å². The van der Waals surface area contributed by atoms with Gasteiger partial charge in [-0.2, -0.15) is 4.98 Å². The van der Waals surface area contributed by atoms with Gasteiger partial charge >= 0.3 is 6.03 Å². The van der Waals surface area contributed by atoms with Gasteiger partial charge in [0.25, 0.3) is 0 Å². The lowest BCUT2D eigenvalue weighted by Gasteiger charge is -2.32. The fourth-order valence-corrected chi connectivity index (χ4v) is 2.89. The number of hydrogen-bond acceptors (Lipinski definition) is 4. The normalized spacial score (nSPS) is 17.2. The Balaban J connectivity index is 1.62. The van der Waals surface area contributed by atoms with E-state index in [1.54, 1.807) is 23.1 Å². The molecule has 0 spiro atoms. The number of piperidine rings is 1. The van der Waals surface area contributed by atoms with Crippen LogP contribution in [0.3, 0.4) is 0 Å². The Bertz CT molecular complexity index is 748. The Morgan fingerprint density at radius 3 is 2.88 bits per heavy atom. The minimum absolute atomic E-state index is 0.145. The highest BCUT2D eigenvalue weighted by Crippen LogP contribution is 2.19. The lowest BCUT2D eigenvalue weighted by Crippen LogP contribution is -2.46. The molecule has 0 radical (unpaired) electrons. The third kappa shape index (κ3) is 4.43. The zero-order valence-electron chi connectivity index (χ0n) is 14.3. The number of nitrogens with zero attached hydrogens (tertiary/aromatic N) is 3. The molecule has 2 amide bonds. The maximum absolute atomic E-state index is 13.7. The molecule has 0 bridgehead atoms. The summed E-state index contributed by atoms with van der Waals surface area (Å²) in [5, 5.41) is 2.61. The van der Waals surface area contributed by atoms with E-state index in [9.17, 15) is 9.18 Å². The summed E-state index contributed by atoms with van der Waals surface area (Å²) in [5.41, 5.74) is 1.02. The highest BCUT2D eigenvalue weighted by Gasteiger charge is 2.25. The van der Waals surface area contributed by atoms with E-state index in [2.05, 4.69) is 15.3 Å². The lowest BCUT2D eigenvalue weighted by atomic mass is 10.1. The summed E-state index contributed by atoms with van der Waals surface area (Å²) in [6, 6.07) is 7.58. The number of rotatable bonds is 3. The van der Waals surface area contributed by atoms with Crippen LogP contribution in [-0.4, -0.2) is 40.1 Å². The molecule has 6 nitrogen and oxygen atoms in total. The summed E-state index contributed by atoms with van der Waals surface area (Å²) in [4.78, 5) is 22.5. The number of hydrogen-bond donors (Lipinski definition) is 1. The molecule has 1 aliphatic heterocycles. The van der Waals surface area contributed by atoms with Crippen LogP contribution in [0.1, 0.15) is 24.4 Å². The predicted molar refractivity (Wildman–Crippen MR) is 92.1 cm³/mol. The molecule has 3 rings (SSSR count). The Hall–Kier alpha value is -2.70. The second kappa shape index (κ2) is 7.46. The summed E-state index contributed by atoms with van der Waals surface area (Å²) in [6.45, 7) is 4.75. The number of ether oxygens (including phenoxy) is 1. The van der Waals surface area contributed by atoms with Crippen LogP contribution in [0.15, 0.2) is 30.3 Å². The number of urea groups is 1. The van der Waals surface area contributed by atoms with Gasteiger partial charge in [-0.15, -0.1) is 0 Å². The molecule has 25 heavy (non-hydrogen) atoms. The summed E-state index contributed by atoms with van der Waals surface area (Å²) in [5.74, 6) is 0.721. The zero-order chi connectivity index (χ0) is 17.8. The summed E-state index contributed by atoms with van der Waals surface area (Å²) in [7, 11) is 0. The van der Waals surface area contributed by atoms with E-state index >= 15 is 0 Å². The van der Waals surface area contributed by atoms with E-state index in [4.69, 9.17) is 4.74 Å². The zero-order valence-corrected chi connectivity index (χ0v) is 14.3. The second-order valence-electron chi connectivity index (χ2n) is 6.13. The lowest BCUT2D eigenvalue weighted by molar-refractivity contribution is 0.102. The van der Waals surface area contributed by atoms with Crippen LogP contribution in [0.4, 0.5) is 14.9 Å². The van der Waals surface area contributed by atoms with Crippen molar-refractivity contribution in [2.24, 2.45) is 0 Å². The number of para-hydroxylation sites is 1. The number of aromatic nitrogens is 2. The first kappa shape index (κ1) is 17.1. The Labute approximate surface area is 146 Å². The first-order chi connectivity index (χ1) is 12.0. The van der Waals surface area contributed by atoms with Crippen LogP contribution < -0.4 is 10.1 Å². The van der Waals surface area contributed by atoms with Gasteiger partial charge in [-0.05, 0) is 38.8 Å². The van der Waals surface area contributed by atoms with Gasteiger partial charge in [0.05, 0.1) is 12.2 Å². The van der Waals surface area contributed by atoms with E-state index in [-0.39, 0.29) is 17.8 Å². The Morgan fingerprint density at radius 1 is 1.32 bits per heavy atom. The smallest absolute Gasteiger partial charge is 0.322 e. The monoisotopic (exact) mass is 344 g/mol. The highest BCUT2D eigenvalue weighted by atomic mass is 19.1. The molecule has 1 aliphatic rings. The van der Waals surface area contributed by atoms with Crippen molar-refractivity contribution in [1.29, 1.82) is 0 Å². The van der Waals surface area contributed by atoms with Crippen molar-refractivity contribution in [3.05, 3.63) is 47.7 Å². The molecule has 2 aromatic rings. The molecule has 1 saturated heterocycles. The Morgan fingerprint density at radius 2 is 2.12 bits per heavy atom. The van der Waals surface area contributed by atoms with Gasteiger partial charge in [-0.25, -0.2) is 14.2 Å². The quantitative estimate of drug-likeness (QED) is 0.928. The molecule has 1 aromatic heterocycles. The maximum atomic E-state index is 13.7. The van der Waals surface area contributed by atoms with Crippen LogP contribution in [0.5, 0.6) is 5.88 Å². The topological polar surface area (TPSA) is 67.3 Å². The van der Waals surface area contributed by atoms with E-state index in [0.29, 0.717) is 24.8 Å². The molecule has 0 saturated carbocycles. The van der Waals surface area contributed by atoms with E-state index < -0.39 is 5.82 Å². The van der Waals surface area contributed by atoms with Crippen molar-refractivity contribution in [3.63, 3.8) is 0 Å². The van der Waals surface area contributed by atoms with Crippen molar-refractivity contribution in [1.82, 2.24) is 14.9 Å². The number of nitrogens with one attached hydrogen (secondary N) is 1. The second-order valence-corrected chi connectivity index (χ2v) is 6.13. The fourth-order valence-electron chi connectivity index (χ4n) is 2.89. The van der Waals surface area contributed by atoms with Gasteiger partial charge in [0, 0.05) is 18.3 Å². The number of aryl methyl sites for hydroxylation is 2. The first-order valence-corrected chi connectivity index (χ1v) is 8.30. The van der Waals surface area contributed by atoms with Gasteiger partial charge in [-0.3, -0.25) is 0 Å². The van der Waals surface area contributed by atoms with Crippen molar-refractivity contribution in [2.45, 2.75) is 32.8 Å². The number of amides is 2. The van der Waals surface area contributed by atoms with Crippen LogP contribution in [-0.2, 0) is 0 Å². The van der Waals surface area contributed by atoms with Crippen LogP contribution >= 0.6 is 0 Å². The summed E-state index contributed by atoms with van der Waals surface area (Å²) in [6.07, 6.45) is 1.51. The average molecular weight is 344 g/mol. The number of likely N-dealkylation sites (tertiary alicyclic amines) is 1. The third-order valence-corrected chi connectivity index (χ3v) is 4.01. The molecule has 1 fully saturated rings. The number of carbonyl (C=O) groups is 1. The predicted octanol–water partition coefficient (Wildman–Crippen LogP) is 3.31. The van der Waals surface area contributed by atoms with Crippen molar-refractivity contribution in [2.75, 3.05) is 18.4 Å². The molecule has 0 aliphatic carbocycles. The first-order valence-electron chi connectivity index (χ1n) is 8.30. The number of halogens is 1. The van der Waals surface area contributed by atoms with Crippen molar-refractivity contribution < 1.29 is 13.9 Å². The minimum Gasteiger partial charge on any atom is -0.472 e. The van der Waals surface area contributed by atoms with Gasteiger partial charge in [-0.1, -0.05) is 12.1 Å². The van der Waals surface area contributed by atoms with E-state index in [1.165, 1.54) is 12.1 Å². The minimum atomic E-state index is -0.451. The molecule has 1 N–H and O–H groups in total. The number of benzene rings is 1. The average Bonchev–Trinajstić information content (AvgIpc) is 2.56. The van der Waals surface area contributed by atoms with Crippen LogP contribution in [0, 0.1) is 19.7 Å². The summed E-state index contributed by atoms with van der Waals surface area (Å²) >= 11 is 0. The standard InChI is InChI=1S/C18H21FN4O2/c1-12-10-17(21-13(2)20-12)25-14-6-5-9-23(11-14)18(24)22-16-8-4-3-7-15(16)19/h3-4,7-8,10,14H,5-6,9,11H2,1-2H3,(H,22,24).